The third-order valence-corrected chi connectivity index (χ3v) is 5.53. The molecule has 2 aromatic heterocycles. The van der Waals surface area contributed by atoms with Gasteiger partial charge in [-0.2, -0.15) is 5.10 Å². The number of amides is 1. The number of nitrogens with zero attached hydrogens (tertiary/aromatic N) is 5. The van der Waals surface area contributed by atoms with Gasteiger partial charge in [-0.1, -0.05) is 29.5 Å². The number of rotatable bonds is 7. The summed E-state index contributed by atoms with van der Waals surface area (Å²) in [5, 5.41) is 18.7. The summed E-state index contributed by atoms with van der Waals surface area (Å²) in [6, 6.07) is 8.49. The molecule has 140 valence electrons. The van der Waals surface area contributed by atoms with Crippen molar-refractivity contribution in [2.45, 2.75) is 37.5 Å². The molecule has 8 nitrogen and oxygen atoms in total. The second kappa shape index (κ2) is 7.65. The fourth-order valence-electron chi connectivity index (χ4n) is 2.74. The van der Waals surface area contributed by atoms with Gasteiger partial charge in [0.05, 0.1) is 12.3 Å². The van der Waals surface area contributed by atoms with E-state index in [0.29, 0.717) is 22.5 Å². The zero-order valence-corrected chi connectivity index (χ0v) is 16.4. The summed E-state index contributed by atoms with van der Waals surface area (Å²) in [6.07, 6.45) is 3.87. The second-order valence-electron chi connectivity index (χ2n) is 6.43. The highest BCUT2D eigenvalue weighted by atomic mass is 32.2. The van der Waals surface area contributed by atoms with E-state index in [1.165, 1.54) is 17.3 Å². The Morgan fingerprint density at radius 2 is 2.15 bits per heavy atom. The SMILES string of the molecule is Cc1ccc(-n2cnnc2SCC(=O)NCc2n[nH]c(=S)n2C2CC2)cc1. The highest BCUT2D eigenvalue weighted by Gasteiger charge is 2.27. The van der Waals surface area contributed by atoms with E-state index in [-0.39, 0.29) is 11.7 Å². The van der Waals surface area contributed by atoms with E-state index in [1.54, 1.807) is 6.33 Å². The third kappa shape index (κ3) is 4.11. The number of aromatic nitrogens is 6. The monoisotopic (exact) mass is 401 g/mol. The molecule has 1 aromatic carbocycles. The van der Waals surface area contributed by atoms with Crippen LogP contribution in [0.1, 0.15) is 30.3 Å². The predicted octanol–water partition coefficient (Wildman–Crippen LogP) is 2.57. The summed E-state index contributed by atoms with van der Waals surface area (Å²) in [7, 11) is 0. The molecule has 1 saturated carbocycles. The Bertz CT molecular complexity index is 1000. The van der Waals surface area contributed by atoms with E-state index in [4.69, 9.17) is 12.2 Å². The first-order valence-electron chi connectivity index (χ1n) is 8.64. The smallest absolute Gasteiger partial charge is 0.230 e. The van der Waals surface area contributed by atoms with Crippen LogP contribution in [0.4, 0.5) is 0 Å². The van der Waals surface area contributed by atoms with Crippen molar-refractivity contribution >= 4 is 29.9 Å². The lowest BCUT2D eigenvalue weighted by atomic mass is 10.2. The molecule has 0 unspecified atom stereocenters. The summed E-state index contributed by atoms with van der Waals surface area (Å²) in [4.78, 5) is 12.2. The zero-order valence-electron chi connectivity index (χ0n) is 14.8. The molecular formula is C17H19N7OS2. The van der Waals surface area contributed by atoms with Crippen molar-refractivity contribution in [2.24, 2.45) is 0 Å². The van der Waals surface area contributed by atoms with Crippen molar-refractivity contribution in [1.82, 2.24) is 34.8 Å². The third-order valence-electron chi connectivity index (χ3n) is 4.29. The van der Waals surface area contributed by atoms with E-state index < -0.39 is 0 Å². The molecule has 4 rings (SSSR count). The summed E-state index contributed by atoms with van der Waals surface area (Å²) in [5.74, 6) is 0.928. The van der Waals surface area contributed by atoms with Crippen LogP contribution < -0.4 is 5.32 Å². The molecule has 0 spiro atoms. The van der Waals surface area contributed by atoms with Crippen LogP contribution in [0.3, 0.4) is 0 Å². The van der Waals surface area contributed by atoms with Gasteiger partial charge in [0, 0.05) is 11.7 Å². The van der Waals surface area contributed by atoms with Gasteiger partial charge >= 0.3 is 0 Å². The van der Waals surface area contributed by atoms with Gasteiger partial charge in [-0.3, -0.25) is 19.0 Å². The van der Waals surface area contributed by atoms with Crippen LogP contribution in [-0.4, -0.2) is 41.2 Å². The van der Waals surface area contributed by atoms with Crippen LogP contribution in [0.2, 0.25) is 0 Å². The van der Waals surface area contributed by atoms with Crippen molar-refractivity contribution in [2.75, 3.05) is 5.75 Å². The molecule has 0 saturated heterocycles. The van der Waals surface area contributed by atoms with Gasteiger partial charge in [-0.05, 0) is 44.1 Å². The minimum absolute atomic E-state index is 0.0882. The fraction of sp³-hybridized carbons (Fsp3) is 0.353. The molecule has 1 aliphatic rings. The largest absolute Gasteiger partial charge is 0.348 e. The normalized spacial score (nSPS) is 13.7. The van der Waals surface area contributed by atoms with Crippen LogP contribution >= 0.6 is 24.0 Å². The highest BCUT2D eigenvalue weighted by Crippen LogP contribution is 2.35. The Labute approximate surface area is 165 Å². The number of aromatic amines is 1. The van der Waals surface area contributed by atoms with Crippen molar-refractivity contribution in [3.8, 4) is 5.69 Å². The maximum Gasteiger partial charge on any atom is 0.230 e. The molecule has 1 aliphatic carbocycles. The highest BCUT2D eigenvalue weighted by molar-refractivity contribution is 7.99. The number of carbonyl (C=O) groups excluding carboxylic acids is 1. The molecule has 1 amide bonds. The Morgan fingerprint density at radius 3 is 2.89 bits per heavy atom. The van der Waals surface area contributed by atoms with Crippen molar-refractivity contribution < 1.29 is 4.79 Å². The maximum atomic E-state index is 12.2. The molecule has 0 bridgehead atoms. The number of aryl methyl sites for hydroxylation is 1. The average Bonchev–Trinajstić information content (AvgIpc) is 3.27. The van der Waals surface area contributed by atoms with E-state index in [1.807, 2.05) is 40.3 Å². The van der Waals surface area contributed by atoms with Crippen LogP contribution in [0.15, 0.2) is 35.7 Å². The summed E-state index contributed by atoms with van der Waals surface area (Å²) >= 11 is 6.60. The Kier molecular flexibility index (Phi) is 5.08. The minimum Gasteiger partial charge on any atom is -0.348 e. The number of hydrogen-bond acceptors (Lipinski definition) is 6. The molecule has 2 heterocycles. The maximum absolute atomic E-state index is 12.2. The van der Waals surface area contributed by atoms with E-state index >= 15 is 0 Å². The van der Waals surface area contributed by atoms with E-state index in [2.05, 4.69) is 25.7 Å². The lowest BCUT2D eigenvalue weighted by Gasteiger charge is -2.08. The quantitative estimate of drug-likeness (QED) is 0.467. The molecular weight excluding hydrogens is 382 g/mol. The first-order chi connectivity index (χ1) is 13.1. The molecule has 1 fully saturated rings. The van der Waals surface area contributed by atoms with Gasteiger partial charge < -0.3 is 5.32 Å². The summed E-state index contributed by atoms with van der Waals surface area (Å²) in [6.45, 7) is 2.39. The number of H-pyrrole nitrogens is 1. The van der Waals surface area contributed by atoms with Crippen molar-refractivity contribution in [1.29, 1.82) is 0 Å². The molecule has 0 atom stereocenters. The van der Waals surface area contributed by atoms with Crippen LogP contribution in [0.5, 0.6) is 0 Å². The number of thioether (sulfide) groups is 1. The van der Waals surface area contributed by atoms with Crippen LogP contribution in [-0.2, 0) is 11.3 Å². The van der Waals surface area contributed by atoms with Gasteiger partial charge in [0.15, 0.2) is 15.8 Å². The minimum atomic E-state index is -0.0882. The van der Waals surface area contributed by atoms with Gasteiger partial charge in [0.2, 0.25) is 5.91 Å². The Hall–Kier alpha value is -2.46. The number of hydrogen-bond donors (Lipinski definition) is 2. The van der Waals surface area contributed by atoms with Crippen molar-refractivity contribution in [3.63, 3.8) is 0 Å². The molecule has 0 aliphatic heterocycles. The Morgan fingerprint density at radius 1 is 1.37 bits per heavy atom. The molecule has 2 N–H and O–H groups in total. The first-order valence-corrected chi connectivity index (χ1v) is 10.0. The zero-order chi connectivity index (χ0) is 18.8. The Balaban J connectivity index is 1.34. The van der Waals surface area contributed by atoms with E-state index in [0.717, 1.165) is 24.4 Å². The number of benzene rings is 1. The lowest BCUT2D eigenvalue weighted by molar-refractivity contribution is -0.118. The van der Waals surface area contributed by atoms with E-state index in [9.17, 15) is 4.79 Å². The average molecular weight is 402 g/mol. The topological polar surface area (TPSA) is 93.4 Å². The lowest BCUT2D eigenvalue weighted by Crippen LogP contribution is -2.26. The fourth-order valence-corrected chi connectivity index (χ4v) is 3.79. The predicted molar refractivity (Wildman–Crippen MR) is 104 cm³/mol. The summed E-state index contributed by atoms with van der Waals surface area (Å²) in [5.41, 5.74) is 2.15. The molecule has 0 radical (unpaired) electrons. The summed E-state index contributed by atoms with van der Waals surface area (Å²) < 4.78 is 4.48. The standard InChI is InChI=1S/C17H19N7OS2/c1-11-2-4-12(5-3-11)23-10-19-22-17(23)27-9-15(25)18-8-14-20-21-16(26)24(14)13-6-7-13/h2-5,10,13H,6-9H2,1H3,(H,18,25)(H,21,26). The molecule has 27 heavy (non-hydrogen) atoms. The first kappa shape index (κ1) is 17.9. The van der Waals surface area contributed by atoms with Gasteiger partial charge in [-0.15, -0.1) is 10.2 Å². The van der Waals surface area contributed by atoms with Crippen molar-refractivity contribution in [3.05, 3.63) is 46.8 Å². The molecule has 10 heteroatoms. The van der Waals surface area contributed by atoms with Crippen LogP contribution in [0.25, 0.3) is 5.69 Å². The second-order valence-corrected chi connectivity index (χ2v) is 7.76. The number of nitrogens with one attached hydrogen (secondary N) is 2. The van der Waals surface area contributed by atoms with Crippen LogP contribution in [0, 0.1) is 11.7 Å². The number of carbonyl (C=O) groups is 1. The van der Waals surface area contributed by atoms with Gasteiger partial charge in [0.1, 0.15) is 6.33 Å². The van der Waals surface area contributed by atoms with Gasteiger partial charge in [-0.25, -0.2) is 0 Å². The van der Waals surface area contributed by atoms with Gasteiger partial charge in [0.25, 0.3) is 0 Å². The molecule has 3 aromatic rings.